The largest absolute Gasteiger partial charge is 0.495 e. The van der Waals surface area contributed by atoms with Gasteiger partial charge in [-0.15, -0.1) is 0 Å². The van der Waals surface area contributed by atoms with E-state index in [9.17, 15) is 9.59 Å². The molecule has 2 N–H and O–H groups in total. The SMILES string of the molecule is COc1ccc(Cl)cc1NC(=O)C(=O)NCCC1=CCCCC1. The second-order valence-electron chi connectivity index (χ2n) is 5.41. The van der Waals surface area contributed by atoms with Crippen LogP contribution in [0.25, 0.3) is 0 Å². The minimum atomic E-state index is -0.733. The number of allylic oxidation sites excluding steroid dienone is 1. The van der Waals surface area contributed by atoms with E-state index in [0.29, 0.717) is 23.0 Å². The average molecular weight is 337 g/mol. The Bertz CT molecular complexity index is 614. The normalized spacial score (nSPS) is 13.9. The van der Waals surface area contributed by atoms with Crippen LogP contribution < -0.4 is 15.4 Å². The van der Waals surface area contributed by atoms with E-state index in [1.165, 1.54) is 25.5 Å². The number of carbonyl (C=O) groups excluding carboxylic acids is 2. The predicted octanol–water partition coefficient (Wildman–Crippen LogP) is 3.29. The molecule has 1 aromatic carbocycles. The molecule has 124 valence electrons. The molecule has 1 aliphatic rings. The van der Waals surface area contributed by atoms with Gasteiger partial charge < -0.3 is 15.4 Å². The molecule has 1 aromatic rings. The number of hydrogen-bond acceptors (Lipinski definition) is 3. The maximum absolute atomic E-state index is 11.9. The van der Waals surface area contributed by atoms with Gasteiger partial charge in [-0.05, 0) is 50.3 Å². The Morgan fingerprint density at radius 3 is 2.78 bits per heavy atom. The van der Waals surface area contributed by atoms with Gasteiger partial charge in [0.2, 0.25) is 0 Å². The van der Waals surface area contributed by atoms with Crippen LogP contribution in [0.3, 0.4) is 0 Å². The second-order valence-corrected chi connectivity index (χ2v) is 5.85. The summed E-state index contributed by atoms with van der Waals surface area (Å²) in [5.41, 5.74) is 1.73. The first-order valence-electron chi connectivity index (χ1n) is 7.71. The van der Waals surface area contributed by atoms with Gasteiger partial charge in [-0.25, -0.2) is 0 Å². The lowest BCUT2D eigenvalue weighted by atomic mass is 9.97. The van der Waals surface area contributed by atoms with Crippen LogP contribution in [-0.4, -0.2) is 25.5 Å². The quantitative estimate of drug-likeness (QED) is 0.640. The van der Waals surface area contributed by atoms with Gasteiger partial charge in [0.05, 0.1) is 12.8 Å². The first-order chi connectivity index (χ1) is 11.1. The van der Waals surface area contributed by atoms with Crippen molar-refractivity contribution in [3.63, 3.8) is 0 Å². The Labute approximate surface area is 141 Å². The highest BCUT2D eigenvalue weighted by atomic mass is 35.5. The third-order valence-electron chi connectivity index (χ3n) is 3.73. The van der Waals surface area contributed by atoms with Gasteiger partial charge in [-0.2, -0.15) is 0 Å². The monoisotopic (exact) mass is 336 g/mol. The minimum absolute atomic E-state index is 0.370. The maximum atomic E-state index is 11.9. The van der Waals surface area contributed by atoms with Crippen LogP contribution in [0.4, 0.5) is 5.69 Å². The van der Waals surface area contributed by atoms with Gasteiger partial charge in [-0.3, -0.25) is 9.59 Å². The minimum Gasteiger partial charge on any atom is -0.495 e. The lowest BCUT2D eigenvalue weighted by Gasteiger charge is -2.13. The number of ether oxygens (including phenoxy) is 1. The highest BCUT2D eigenvalue weighted by Gasteiger charge is 2.16. The number of halogens is 1. The summed E-state index contributed by atoms with van der Waals surface area (Å²) in [6, 6.07) is 4.82. The summed E-state index contributed by atoms with van der Waals surface area (Å²) in [6.07, 6.45) is 7.65. The zero-order chi connectivity index (χ0) is 16.7. The highest BCUT2D eigenvalue weighted by molar-refractivity contribution is 6.40. The maximum Gasteiger partial charge on any atom is 0.313 e. The molecule has 0 atom stereocenters. The van der Waals surface area contributed by atoms with Crippen LogP contribution in [0.2, 0.25) is 5.02 Å². The molecule has 23 heavy (non-hydrogen) atoms. The molecule has 0 fully saturated rings. The molecule has 5 nitrogen and oxygen atoms in total. The number of rotatable bonds is 5. The van der Waals surface area contributed by atoms with Crippen LogP contribution in [0.15, 0.2) is 29.8 Å². The van der Waals surface area contributed by atoms with Crippen molar-refractivity contribution in [2.24, 2.45) is 0 Å². The van der Waals surface area contributed by atoms with Crippen molar-refractivity contribution in [3.05, 3.63) is 34.9 Å². The summed E-state index contributed by atoms with van der Waals surface area (Å²) in [4.78, 5) is 23.8. The van der Waals surface area contributed by atoms with Crippen LogP contribution >= 0.6 is 11.6 Å². The fourth-order valence-electron chi connectivity index (χ4n) is 2.51. The molecule has 0 bridgehead atoms. The highest BCUT2D eigenvalue weighted by Crippen LogP contribution is 2.27. The Balaban J connectivity index is 1.84. The molecule has 0 aliphatic heterocycles. The van der Waals surface area contributed by atoms with Crippen LogP contribution in [0, 0.1) is 0 Å². The third kappa shape index (κ3) is 5.28. The number of hydrogen-bond donors (Lipinski definition) is 2. The standard InChI is InChI=1S/C17H21ClN2O3/c1-23-15-8-7-13(18)11-14(15)20-17(22)16(21)19-10-9-12-5-3-2-4-6-12/h5,7-8,11H,2-4,6,9-10H2,1H3,(H,19,21)(H,20,22). The van der Waals surface area contributed by atoms with Gasteiger partial charge in [-0.1, -0.05) is 23.3 Å². The van der Waals surface area contributed by atoms with Crippen molar-refractivity contribution >= 4 is 29.1 Å². The average Bonchev–Trinajstić information content (AvgIpc) is 2.56. The molecule has 6 heteroatoms. The lowest BCUT2D eigenvalue weighted by Crippen LogP contribution is -2.36. The summed E-state index contributed by atoms with van der Waals surface area (Å²) in [6.45, 7) is 0.463. The third-order valence-corrected chi connectivity index (χ3v) is 3.97. The molecule has 0 spiro atoms. The van der Waals surface area contributed by atoms with Crippen molar-refractivity contribution in [2.75, 3.05) is 19.0 Å². The lowest BCUT2D eigenvalue weighted by molar-refractivity contribution is -0.136. The zero-order valence-electron chi connectivity index (χ0n) is 13.2. The summed E-state index contributed by atoms with van der Waals surface area (Å²) < 4.78 is 5.13. The Morgan fingerprint density at radius 2 is 2.09 bits per heavy atom. The molecule has 2 amide bonds. The van der Waals surface area contributed by atoms with Crippen molar-refractivity contribution in [1.82, 2.24) is 5.32 Å². The van der Waals surface area contributed by atoms with E-state index in [1.54, 1.807) is 18.2 Å². The van der Waals surface area contributed by atoms with E-state index in [1.807, 2.05) is 0 Å². The second kappa shape index (κ2) is 8.58. The number of anilines is 1. The van der Waals surface area contributed by atoms with E-state index in [2.05, 4.69) is 16.7 Å². The molecule has 2 rings (SSSR count). The van der Waals surface area contributed by atoms with Gasteiger partial charge in [0.15, 0.2) is 0 Å². The molecule has 0 saturated carbocycles. The van der Waals surface area contributed by atoms with Crippen LogP contribution in [-0.2, 0) is 9.59 Å². The molecule has 0 heterocycles. The number of amides is 2. The van der Waals surface area contributed by atoms with Crippen molar-refractivity contribution in [2.45, 2.75) is 32.1 Å². The summed E-state index contributed by atoms with van der Waals surface area (Å²) >= 11 is 5.89. The molecule has 0 saturated heterocycles. The molecule has 1 aliphatic carbocycles. The molecular formula is C17H21ClN2O3. The number of carbonyl (C=O) groups is 2. The van der Waals surface area contributed by atoms with Crippen LogP contribution in [0.5, 0.6) is 5.75 Å². The zero-order valence-corrected chi connectivity index (χ0v) is 13.9. The van der Waals surface area contributed by atoms with Crippen molar-refractivity contribution < 1.29 is 14.3 Å². The number of nitrogens with one attached hydrogen (secondary N) is 2. The Hall–Kier alpha value is -2.01. The Morgan fingerprint density at radius 1 is 1.26 bits per heavy atom. The first kappa shape index (κ1) is 17.3. The number of methoxy groups -OCH3 is 1. The van der Waals surface area contributed by atoms with Crippen molar-refractivity contribution in [3.8, 4) is 5.75 Å². The fourth-order valence-corrected chi connectivity index (χ4v) is 2.68. The molecular weight excluding hydrogens is 316 g/mol. The smallest absolute Gasteiger partial charge is 0.313 e. The van der Waals surface area contributed by atoms with Gasteiger partial charge in [0.1, 0.15) is 5.75 Å². The topological polar surface area (TPSA) is 67.4 Å². The molecule has 0 unspecified atom stereocenters. The van der Waals surface area contributed by atoms with Gasteiger partial charge in [0.25, 0.3) is 0 Å². The van der Waals surface area contributed by atoms with Gasteiger partial charge in [0, 0.05) is 11.6 Å². The van der Waals surface area contributed by atoms with Gasteiger partial charge >= 0.3 is 11.8 Å². The fraction of sp³-hybridized carbons (Fsp3) is 0.412. The van der Waals surface area contributed by atoms with E-state index in [4.69, 9.17) is 16.3 Å². The molecule has 0 aromatic heterocycles. The predicted molar refractivity (Wildman–Crippen MR) is 90.8 cm³/mol. The summed E-state index contributed by atoms with van der Waals surface area (Å²) in [5, 5.41) is 5.60. The Kier molecular flexibility index (Phi) is 6.47. The summed E-state index contributed by atoms with van der Waals surface area (Å²) in [7, 11) is 1.48. The van der Waals surface area contributed by atoms with Crippen molar-refractivity contribution in [1.29, 1.82) is 0 Å². The van der Waals surface area contributed by atoms with E-state index < -0.39 is 11.8 Å². The number of benzene rings is 1. The molecule has 0 radical (unpaired) electrons. The van der Waals surface area contributed by atoms with Crippen LogP contribution in [0.1, 0.15) is 32.1 Å². The van der Waals surface area contributed by atoms with E-state index in [-0.39, 0.29) is 0 Å². The first-order valence-corrected chi connectivity index (χ1v) is 8.08. The van der Waals surface area contributed by atoms with E-state index >= 15 is 0 Å². The summed E-state index contributed by atoms with van der Waals surface area (Å²) in [5.74, 6) is -0.950. The van der Waals surface area contributed by atoms with E-state index in [0.717, 1.165) is 19.3 Å².